The van der Waals surface area contributed by atoms with Gasteiger partial charge in [-0.2, -0.15) is 0 Å². The van der Waals surface area contributed by atoms with Gasteiger partial charge in [0.2, 0.25) is 0 Å². The minimum atomic E-state index is -0.352. The van der Waals surface area contributed by atoms with Gasteiger partial charge in [0.1, 0.15) is 23.2 Å². The number of hydrogen-bond acceptors (Lipinski definition) is 4. The van der Waals surface area contributed by atoms with Crippen molar-refractivity contribution in [2.24, 2.45) is 5.92 Å². The summed E-state index contributed by atoms with van der Waals surface area (Å²) in [4.78, 5) is 19.4. The Bertz CT molecular complexity index is 999. The maximum atomic E-state index is 13.2. The number of nitrogens with zero attached hydrogens (tertiary/aromatic N) is 2. The van der Waals surface area contributed by atoms with E-state index in [1.807, 2.05) is 23.6 Å². The Labute approximate surface area is 187 Å². The molecule has 0 fully saturated rings. The molecule has 6 heteroatoms. The lowest BCUT2D eigenvalue weighted by atomic mass is 10.0. The molecule has 2 aromatic carbocycles. The topological polar surface area (TPSA) is 42.4 Å². The van der Waals surface area contributed by atoms with Crippen LogP contribution in [0.4, 0.5) is 4.39 Å². The predicted octanol–water partition coefficient (Wildman–Crippen LogP) is 6.28. The number of para-hydroxylation sites is 1. The number of carbonyl (C=O) groups is 1. The first-order chi connectivity index (χ1) is 14.8. The highest BCUT2D eigenvalue weighted by Crippen LogP contribution is 2.27. The van der Waals surface area contributed by atoms with Gasteiger partial charge in [0.25, 0.3) is 5.91 Å². The van der Waals surface area contributed by atoms with Crippen LogP contribution in [0.3, 0.4) is 0 Å². The molecule has 0 aliphatic rings. The fourth-order valence-corrected chi connectivity index (χ4v) is 4.04. The van der Waals surface area contributed by atoms with Gasteiger partial charge in [-0.3, -0.25) is 4.79 Å². The summed E-state index contributed by atoms with van der Waals surface area (Å²) in [7, 11) is 0. The van der Waals surface area contributed by atoms with Crippen LogP contribution in [0.5, 0.6) is 5.75 Å². The third-order valence-corrected chi connectivity index (χ3v) is 5.68. The molecule has 164 valence electrons. The number of thiazole rings is 1. The molecule has 0 aliphatic carbocycles. The van der Waals surface area contributed by atoms with Gasteiger partial charge in [0.05, 0.1) is 12.2 Å². The van der Waals surface area contributed by atoms with Crippen molar-refractivity contribution >= 4 is 17.2 Å². The molecule has 4 nitrogen and oxygen atoms in total. The Morgan fingerprint density at radius 3 is 2.48 bits per heavy atom. The van der Waals surface area contributed by atoms with Gasteiger partial charge in [0.15, 0.2) is 0 Å². The highest BCUT2D eigenvalue weighted by molar-refractivity contribution is 7.09. The monoisotopic (exact) mass is 440 g/mol. The molecule has 0 N–H and O–H groups in total. The fourth-order valence-electron chi connectivity index (χ4n) is 3.35. The lowest BCUT2D eigenvalue weighted by molar-refractivity contribution is 0.0720. The highest BCUT2D eigenvalue weighted by Gasteiger charge is 2.19. The van der Waals surface area contributed by atoms with Crippen molar-refractivity contribution in [1.29, 1.82) is 0 Å². The minimum Gasteiger partial charge on any atom is -0.486 e. The average Bonchev–Trinajstić information content (AvgIpc) is 3.19. The quantitative estimate of drug-likeness (QED) is 0.393. The Hall–Kier alpha value is -2.73. The molecule has 3 aromatic rings. The summed E-state index contributed by atoms with van der Waals surface area (Å²) in [5.74, 6) is 1.09. The first-order valence-corrected chi connectivity index (χ1v) is 11.4. The number of hydrogen-bond donors (Lipinski definition) is 0. The maximum Gasteiger partial charge on any atom is 0.254 e. The molecule has 0 bridgehead atoms. The molecule has 0 saturated heterocycles. The zero-order chi connectivity index (χ0) is 22.4. The van der Waals surface area contributed by atoms with Gasteiger partial charge in [-0.25, -0.2) is 9.37 Å². The van der Waals surface area contributed by atoms with E-state index < -0.39 is 0 Å². The Morgan fingerprint density at radius 1 is 1.10 bits per heavy atom. The van der Waals surface area contributed by atoms with E-state index in [1.165, 1.54) is 41.2 Å². The zero-order valence-corrected chi connectivity index (χ0v) is 19.3. The van der Waals surface area contributed by atoms with E-state index in [9.17, 15) is 9.18 Å². The second-order valence-electron chi connectivity index (χ2n) is 8.30. The van der Waals surface area contributed by atoms with Crippen LogP contribution in [-0.2, 0) is 13.2 Å². The van der Waals surface area contributed by atoms with Crippen LogP contribution >= 0.6 is 11.3 Å². The van der Waals surface area contributed by atoms with Crippen LogP contribution in [-0.4, -0.2) is 22.3 Å². The van der Waals surface area contributed by atoms with Crippen LogP contribution in [0.1, 0.15) is 60.2 Å². The summed E-state index contributed by atoms with van der Waals surface area (Å²) in [6.45, 7) is 9.82. The molecular formula is C25H29FN2O2S. The smallest absolute Gasteiger partial charge is 0.254 e. The summed E-state index contributed by atoms with van der Waals surface area (Å²) in [6, 6.07) is 13.7. The van der Waals surface area contributed by atoms with E-state index in [0.717, 1.165) is 16.5 Å². The van der Waals surface area contributed by atoms with Crippen molar-refractivity contribution < 1.29 is 13.9 Å². The second kappa shape index (κ2) is 10.5. The van der Waals surface area contributed by atoms with E-state index in [4.69, 9.17) is 4.74 Å². The fraction of sp³-hybridized carbons (Fsp3) is 0.360. The van der Waals surface area contributed by atoms with Gasteiger partial charge in [-0.1, -0.05) is 45.9 Å². The number of ether oxygens (including phenoxy) is 1. The van der Waals surface area contributed by atoms with E-state index in [-0.39, 0.29) is 11.7 Å². The Balaban J connectivity index is 1.68. The zero-order valence-electron chi connectivity index (χ0n) is 18.5. The summed E-state index contributed by atoms with van der Waals surface area (Å²) in [6.07, 6.45) is 0. The van der Waals surface area contributed by atoms with Crippen molar-refractivity contribution in [3.8, 4) is 5.75 Å². The van der Waals surface area contributed by atoms with Crippen LogP contribution in [0.25, 0.3) is 0 Å². The Morgan fingerprint density at radius 2 is 1.81 bits per heavy atom. The lowest BCUT2D eigenvalue weighted by Crippen LogP contribution is -2.33. The second-order valence-corrected chi connectivity index (χ2v) is 9.24. The molecule has 1 heterocycles. The van der Waals surface area contributed by atoms with Gasteiger partial charge in [0, 0.05) is 17.5 Å². The number of carbonyl (C=O) groups excluding carboxylic acids is 1. The molecule has 0 saturated carbocycles. The number of benzene rings is 2. The molecule has 1 aromatic heterocycles. The van der Waals surface area contributed by atoms with Crippen LogP contribution in [0, 0.1) is 11.7 Å². The molecule has 0 radical (unpaired) electrons. The molecule has 0 spiro atoms. The number of amides is 1. The van der Waals surface area contributed by atoms with Gasteiger partial charge >= 0.3 is 0 Å². The molecule has 0 aliphatic heterocycles. The maximum absolute atomic E-state index is 13.2. The van der Waals surface area contributed by atoms with Gasteiger partial charge in [-0.15, -0.1) is 11.3 Å². The van der Waals surface area contributed by atoms with Crippen LogP contribution in [0.15, 0.2) is 53.9 Å². The third-order valence-electron chi connectivity index (χ3n) is 4.81. The summed E-state index contributed by atoms with van der Waals surface area (Å²) >= 11 is 1.53. The third kappa shape index (κ3) is 6.37. The normalized spacial score (nSPS) is 11.2. The summed E-state index contributed by atoms with van der Waals surface area (Å²) in [5.41, 5.74) is 2.48. The molecule has 0 atom stereocenters. The minimum absolute atomic E-state index is 0.120. The van der Waals surface area contributed by atoms with Gasteiger partial charge in [-0.05, 0) is 47.7 Å². The lowest BCUT2D eigenvalue weighted by Gasteiger charge is -2.24. The standard InChI is InChI=1S/C25H29FN2O2S/c1-17(2)13-28(25(29)19-9-11-20(26)12-10-19)14-21-16-31-24(27-21)15-30-23-8-6-5-7-22(23)18(3)4/h5-12,16-18H,13-15H2,1-4H3. The number of aromatic nitrogens is 1. The SMILES string of the molecule is CC(C)CN(Cc1csc(COc2ccccc2C(C)C)n1)C(=O)c1ccc(F)cc1. The molecule has 31 heavy (non-hydrogen) atoms. The van der Waals surface area contributed by atoms with Crippen molar-refractivity contribution in [3.63, 3.8) is 0 Å². The Kier molecular flexibility index (Phi) is 7.80. The van der Waals surface area contributed by atoms with E-state index >= 15 is 0 Å². The van der Waals surface area contributed by atoms with E-state index in [0.29, 0.717) is 37.1 Å². The van der Waals surface area contributed by atoms with Crippen LogP contribution < -0.4 is 4.74 Å². The molecule has 0 unspecified atom stereocenters. The van der Waals surface area contributed by atoms with Crippen molar-refractivity contribution in [1.82, 2.24) is 9.88 Å². The molecular weight excluding hydrogens is 411 g/mol. The summed E-state index contributed by atoms with van der Waals surface area (Å²) in [5, 5.41) is 2.84. The first kappa shape index (κ1) is 22.9. The molecule has 3 rings (SSSR count). The molecule has 1 amide bonds. The van der Waals surface area contributed by atoms with E-state index in [1.54, 1.807) is 4.90 Å². The average molecular weight is 441 g/mol. The van der Waals surface area contributed by atoms with Crippen molar-refractivity contribution in [3.05, 3.63) is 81.6 Å². The summed E-state index contributed by atoms with van der Waals surface area (Å²) < 4.78 is 19.3. The first-order valence-electron chi connectivity index (χ1n) is 10.5. The van der Waals surface area contributed by atoms with Gasteiger partial charge < -0.3 is 9.64 Å². The largest absolute Gasteiger partial charge is 0.486 e. The van der Waals surface area contributed by atoms with E-state index in [2.05, 4.69) is 38.7 Å². The predicted molar refractivity (Wildman–Crippen MR) is 123 cm³/mol. The number of rotatable bonds is 9. The number of halogens is 1. The van der Waals surface area contributed by atoms with Crippen molar-refractivity contribution in [2.75, 3.05) is 6.54 Å². The van der Waals surface area contributed by atoms with Crippen molar-refractivity contribution in [2.45, 2.75) is 46.8 Å². The highest BCUT2D eigenvalue weighted by atomic mass is 32.1. The van der Waals surface area contributed by atoms with Crippen LogP contribution in [0.2, 0.25) is 0 Å².